The zero-order chi connectivity index (χ0) is 53.2. The van der Waals surface area contributed by atoms with E-state index in [4.69, 9.17) is 10.5 Å². The minimum absolute atomic E-state index is 0.0200. The van der Waals surface area contributed by atoms with Crippen LogP contribution in [0.1, 0.15) is 155 Å². The molecule has 3 rings (SSSR count). The van der Waals surface area contributed by atoms with E-state index in [0.717, 1.165) is 61.0 Å². The highest BCUT2D eigenvalue weighted by Crippen LogP contribution is 2.56. The Bertz CT molecular complexity index is 2120. The molecule has 0 saturated carbocycles. The Balaban J connectivity index is 1.23. The number of phosphoric acid groups is 3. The van der Waals surface area contributed by atoms with E-state index in [2.05, 4.69) is 43.5 Å². The number of phosphoric ester groups is 3. The van der Waals surface area contributed by atoms with Crippen LogP contribution in [-0.4, -0.2) is 109 Å². The van der Waals surface area contributed by atoms with Gasteiger partial charge in [-0.05, 0) is 12.8 Å². The summed E-state index contributed by atoms with van der Waals surface area (Å²) < 4.78 is 60.9. The first-order chi connectivity index (χ1) is 34.1. The molecule has 0 spiro atoms. The topological polar surface area (TPSA) is 392 Å². The Kier molecular flexibility index (Phi) is 28.8. The number of hydrogen-bond acceptors (Lipinski definition) is 23. The maximum atomic E-state index is 12.7. The van der Waals surface area contributed by atoms with Gasteiger partial charge in [-0.25, -0.2) is 19.3 Å². The molecular formula is C43H72N7O18P3S-4. The van der Waals surface area contributed by atoms with Crippen LogP contribution >= 0.6 is 35.2 Å². The van der Waals surface area contributed by atoms with Gasteiger partial charge in [0.2, 0.25) is 11.8 Å². The van der Waals surface area contributed by atoms with E-state index >= 15 is 0 Å². The number of aromatic nitrogens is 4. The molecule has 1 aliphatic rings. The molecule has 72 heavy (non-hydrogen) atoms. The second-order valence-electron chi connectivity index (χ2n) is 18.3. The molecule has 2 aromatic heterocycles. The van der Waals surface area contributed by atoms with E-state index in [0.29, 0.717) is 18.6 Å². The van der Waals surface area contributed by atoms with Crippen LogP contribution in [0.2, 0.25) is 0 Å². The van der Waals surface area contributed by atoms with Crippen LogP contribution in [0.4, 0.5) is 5.82 Å². The van der Waals surface area contributed by atoms with Gasteiger partial charge in [-0.15, -0.1) is 0 Å². The molecule has 0 radical (unpaired) electrons. The van der Waals surface area contributed by atoms with Gasteiger partial charge in [0, 0.05) is 43.5 Å². The first-order valence-corrected chi connectivity index (χ1v) is 29.8. The lowest BCUT2D eigenvalue weighted by Crippen LogP contribution is -2.46. The molecule has 2 amide bonds. The first kappa shape index (κ1) is 63.5. The number of nitrogens with two attached hydrogens (primary N) is 1. The SMILES string of the molecule is CC(C)(COP(=O)([O-])OP(=O)([O-])OC[C@H]1O[C@@H](n2cnc3c(N)ncnc32)[C@H](O)[C@@H]1OP(=O)([O-])[O-])[C@@H](O)C(=O)NCCC(=O)NCCSC(=O)CCCCCCCCCCCCCCCCCCCCC=O. The Labute approximate surface area is 424 Å². The van der Waals surface area contributed by atoms with Gasteiger partial charge >= 0.3 is 0 Å². The number of carbonyl (C=O) groups is 4. The maximum Gasteiger partial charge on any atom is 0.274 e. The van der Waals surface area contributed by atoms with Crippen molar-refractivity contribution in [1.29, 1.82) is 0 Å². The van der Waals surface area contributed by atoms with Crippen LogP contribution in [-0.2, 0) is 55.5 Å². The smallest absolute Gasteiger partial charge is 0.274 e. The predicted octanol–water partition coefficient (Wildman–Crippen LogP) is 3.14. The summed E-state index contributed by atoms with van der Waals surface area (Å²) in [6, 6.07) is 0. The third-order valence-electron chi connectivity index (χ3n) is 11.7. The van der Waals surface area contributed by atoms with Crippen molar-refractivity contribution in [2.24, 2.45) is 5.41 Å². The zero-order valence-electron chi connectivity index (χ0n) is 41.0. The highest BCUT2D eigenvalue weighted by molar-refractivity contribution is 8.13. The second kappa shape index (κ2) is 32.6. The Morgan fingerprint density at radius 3 is 1.96 bits per heavy atom. The van der Waals surface area contributed by atoms with Crippen molar-refractivity contribution in [3.8, 4) is 0 Å². The summed E-state index contributed by atoms with van der Waals surface area (Å²) in [5.41, 5.74) is 4.09. The maximum absolute atomic E-state index is 12.7. The number of amides is 2. The number of nitrogens with zero attached hydrogens (tertiary/aromatic N) is 4. The van der Waals surface area contributed by atoms with Gasteiger partial charge in [0.15, 0.2) is 22.8 Å². The van der Waals surface area contributed by atoms with Crippen molar-refractivity contribution in [3.63, 3.8) is 0 Å². The number of aldehydes is 1. The van der Waals surface area contributed by atoms with Crippen molar-refractivity contribution >= 4 is 75.4 Å². The molecule has 6 N–H and O–H groups in total. The molecule has 412 valence electrons. The molecule has 1 fully saturated rings. The Morgan fingerprint density at radius 1 is 0.833 bits per heavy atom. The number of aliphatic hydroxyl groups excluding tert-OH is 2. The lowest BCUT2D eigenvalue weighted by atomic mass is 9.87. The van der Waals surface area contributed by atoms with Crippen LogP contribution in [0.5, 0.6) is 0 Å². The number of nitrogen functional groups attached to an aromatic ring is 1. The zero-order valence-corrected chi connectivity index (χ0v) is 44.5. The van der Waals surface area contributed by atoms with Crippen LogP contribution in [0, 0.1) is 5.41 Å². The average Bonchev–Trinajstić information content (AvgIpc) is 3.87. The molecule has 0 aliphatic carbocycles. The van der Waals surface area contributed by atoms with Gasteiger partial charge in [-0.1, -0.05) is 128 Å². The fraction of sp³-hybridized carbons (Fsp3) is 0.791. The fourth-order valence-corrected chi connectivity index (χ4v) is 11.1. The third kappa shape index (κ3) is 24.7. The summed E-state index contributed by atoms with van der Waals surface area (Å²) >= 11 is 1.14. The van der Waals surface area contributed by atoms with Crippen LogP contribution in [0.3, 0.4) is 0 Å². The summed E-state index contributed by atoms with van der Waals surface area (Å²) in [5, 5.41) is 26.5. The molecule has 2 unspecified atom stereocenters. The van der Waals surface area contributed by atoms with Gasteiger partial charge in [0.05, 0.1) is 27.4 Å². The summed E-state index contributed by atoms with van der Waals surface area (Å²) in [7, 11) is -17.6. The van der Waals surface area contributed by atoms with E-state index in [1.165, 1.54) is 104 Å². The van der Waals surface area contributed by atoms with Gasteiger partial charge in [0.25, 0.3) is 15.6 Å². The molecule has 1 saturated heterocycles. The van der Waals surface area contributed by atoms with Crippen molar-refractivity contribution in [1.82, 2.24) is 30.2 Å². The molecule has 25 nitrogen and oxygen atoms in total. The van der Waals surface area contributed by atoms with E-state index < -0.39 is 84.6 Å². The third-order valence-corrected chi connectivity index (χ3v) is 15.6. The summed E-state index contributed by atoms with van der Waals surface area (Å²) in [6.45, 7) is 0.160. The predicted molar refractivity (Wildman–Crippen MR) is 257 cm³/mol. The largest absolute Gasteiger partial charge is 0.790 e. The molecule has 7 atom stereocenters. The average molecular weight is 1100 g/mol. The number of aliphatic hydroxyl groups is 2. The number of ether oxygens (including phenoxy) is 1. The van der Waals surface area contributed by atoms with Gasteiger partial charge in [-0.2, -0.15) is 0 Å². The molecule has 0 aromatic carbocycles. The summed E-state index contributed by atoms with van der Waals surface area (Å²) in [4.78, 5) is 107. The molecule has 2 aromatic rings. The van der Waals surface area contributed by atoms with Crippen molar-refractivity contribution in [2.75, 3.05) is 37.8 Å². The Morgan fingerprint density at radius 2 is 1.39 bits per heavy atom. The number of unbranched alkanes of at least 4 members (excludes halogenated alkanes) is 18. The Hall–Kier alpha value is -2.77. The summed E-state index contributed by atoms with van der Waals surface area (Å²) in [6.07, 6.45) is 16.3. The van der Waals surface area contributed by atoms with Crippen molar-refractivity contribution in [3.05, 3.63) is 12.7 Å². The van der Waals surface area contributed by atoms with Crippen molar-refractivity contribution in [2.45, 2.75) is 179 Å². The number of anilines is 1. The quantitative estimate of drug-likeness (QED) is 0.0363. The van der Waals surface area contributed by atoms with Crippen LogP contribution in [0.15, 0.2) is 12.7 Å². The number of rotatable bonds is 40. The molecule has 3 heterocycles. The normalized spacial score (nSPS) is 19.4. The van der Waals surface area contributed by atoms with Gasteiger partial charge < -0.3 is 73.8 Å². The van der Waals surface area contributed by atoms with Crippen LogP contribution in [0.25, 0.3) is 11.2 Å². The van der Waals surface area contributed by atoms with E-state index in [1.807, 2.05) is 0 Å². The number of hydrogen-bond donors (Lipinski definition) is 5. The van der Waals surface area contributed by atoms with Crippen LogP contribution < -0.4 is 35.9 Å². The van der Waals surface area contributed by atoms with Gasteiger partial charge in [0.1, 0.15) is 42.5 Å². The number of nitrogens with one attached hydrogen (secondary N) is 2. The number of thioether (sulfide) groups is 1. The number of imidazole rings is 1. The number of fused-ring (bicyclic) bond motifs is 1. The lowest BCUT2D eigenvalue weighted by Gasteiger charge is -2.36. The minimum atomic E-state index is -5.92. The molecule has 0 bridgehead atoms. The van der Waals surface area contributed by atoms with Gasteiger partial charge in [-0.3, -0.25) is 28.1 Å². The second-order valence-corrected chi connectivity index (χ2v) is 23.5. The highest BCUT2D eigenvalue weighted by atomic mass is 32.2. The highest BCUT2D eigenvalue weighted by Gasteiger charge is 2.47. The lowest BCUT2D eigenvalue weighted by molar-refractivity contribution is -0.347. The molecule has 29 heteroatoms. The minimum Gasteiger partial charge on any atom is -0.790 e. The van der Waals surface area contributed by atoms with E-state index in [9.17, 15) is 62.7 Å². The van der Waals surface area contributed by atoms with Crippen molar-refractivity contribution < 1.29 is 85.3 Å². The molecule has 1 aliphatic heterocycles. The summed E-state index contributed by atoms with van der Waals surface area (Å²) in [5.74, 6) is -1.14. The number of carbonyl (C=O) groups excluding carboxylic acids is 4. The standard InChI is InChI=1S/C43H76N7O18P3S/c1-43(2,29-65-71(62,63)68-70(60,61)64-28-32-37(67-69(57,58)59)36(54)42(66-32)50-31-49-35-39(44)47-30-48-40(35)50)38(55)41(56)46-24-23-33(52)45-25-27-72-34(53)22-20-18-16-14-12-10-8-6-4-3-5-7-9-11-13-15-17-19-21-26-51/h26,30-32,36-38,42,54-55H,3-25,27-29H2,1-2H3,(H,45,52)(H,46,56)(H,60,61)(H,62,63)(H2,44,47,48)(H2,57,58,59)/p-4/t32-,36-,37-,38+,42-/m1/s1. The first-order valence-electron chi connectivity index (χ1n) is 24.5. The van der Waals surface area contributed by atoms with E-state index in [1.54, 1.807) is 0 Å². The fourth-order valence-electron chi connectivity index (χ4n) is 7.67. The monoisotopic (exact) mass is 1100 g/mol. The van der Waals surface area contributed by atoms with E-state index in [-0.39, 0.29) is 41.6 Å². The molecular weight excluding hydrogens is 1030 g/mol.